The predicted molar refractivity (Wildman–Crippen MR) is 106 cm³/mol. The molecule has 1 amide bonds. The van der Waals surface area contributed by atoms with Gasteiger partial charge in [-0.25, -0.2) is 0 Å². The first-order valence-corrected chi connectivity index (χ1v) is 8.80. The highest BCUT2D eigenvalue weighted by atomic mass is 16.5. The normalized spacial score (nSPS) is 10.6. The molecule has 0 atom stereocenters. The minimum atomic E-state index is -0.108. The van der Waals surface area contributed by atoms with Crippen molar-refractivity contribution in [3.8, 4) is 23.0 Å². The number of hydrogen-bond acceptors (Lipinski definition) is 5. The molecule has 0 unspecified atom stereocenters. The molecule has 0 aliphatic rings. The van der Waals surface area contributed by atoms with E-state index in [2.05, 4.69) is 10.3 Å². The lowest BCUT2D eigenvalue weighted by Gasteiger charge is -2.14. The fourth-order valence-corrected chi connectivity index (χ4v) is 3.24. The summed E-state index contributed by atoms with van der Waals surface area (Å²) in [6.07, 6.45) is 2.00. The van der Waals surface area contributed by atoms with Crippen molar-refractivity contribution >= 4 is 16.8 Å². The molecule has 1 heterocycles. The first-order valence-electron chi connectivity index (χ1n) is 8.80. The second kappa shape index (κ2) is 8.56. The van der Waals surface area contributed by atoms with E-state index in [1.54, 1.807) is 34.6 Å². The van der Waals surface area contributed by atoms with Crippen molar-refractivity contribution in [3.05, 3.63) is 47.7 Å². The molecular formula is C21H24N2O5. The van der Waals surface area contributed by atoms with Gasteiger partial charge in [-0.1, -0.05) is 18.2 Å². The van der Waals surface area contributed by atoms with Gasteiger partial charge < -0.3 is 29.2 Å². The van der Waals surface area contributed by atoms with E-state index in [4.69, 9.17) is 18.9 Å². The van der Waals surface area contributed by atoms with Crippen molar-refractivity contribution < 1.29 is 23.7 Å². The number of ether oxygens (including phenoxy) is 4. The van der Waals surface area contributed by atoms with E-state index in [0.717, 1.165) is 27.8 Å². The fraction of sp³-hybridized carbons (Fsp3) is 0.286. The molecule has 0 aliphatic heterocycles. The molecule has 2 aromatic carbocycles. The van der Waals surface area contributed by atoms with Crippen molar-refractivity contribution in [2.75, 3.05) is 28.4 Å². The number of aromatic amines is 1. The van der Waals surface area contributed by atoms with Crippen molar-refractivity contribution in [3.63, 3.8) is 0 Å². The van der Waals surface area contributed by atoms with Crippen LogP contribution in [0.5, 0.6) is 23.0 Å². The van der Waals surface area contributed by atoms with E-state index < -0.39 is 0 Å². The molecule has 7 heteroatoms. The summed E-state index contributed by atoms with van der Waals surface area (Å²) < 4.78 is 21.7. The number of methoxy groups -OCH3 is 4. The molecule has 0 aliphatic carbocycles. The Balaban J connectivity index is 1.83. The van der Waals surface area contributed by atoms with Gasteiger partial charge in [-0.05, 0) is 11.6 Å². The van der Waals surface area contributed by atoms with Crippen LogP contribution in [0.25, 0.3) is 10.9 Å². The van der Waals surface area contributed by atoms with Gasteiger partial charge in [0.25, 0.3) is 0 Å². The van der Waals surface area contributed by atoms with E-state index in [9.17, 15) is 4.79 Å². The molecule has 0 saturated carbocycles. The second-order valence-electron chi connectivity index (χ2n) is 6.15. The lowest BCUT2D eigenvalue weighted by molar-refractivity contribution is -0.120. The number of carbonyl (C=O) groups is 1. The standard InChI is InChI=1S/C21H24N2O5/c1-25-16-8-6-5-7-13(16)11-23-18(24)9-14-12-22-15-10-17(26-2)20(27-3)21(28-4)19(14)15/h5-8,10,12,22H,9,11H2,1-4H3,(H,23,24). The van der Waals surface area contributed by atoms with Crippen LogP contribution in [0.2, 0.25) is 0 Å². The van der Waals surface area contributed by atoms with Crippen molar-refractivity contribution in [2.24, 2.45) is 0 Å². The number of rotatable bonds is 8. The number of benzene rings is 2. The molecule has 3 rings (SSSR count). The summed E-state index contributed by atoms with van der Waals surface area (Å²) in [7, 11) is 6.30. The van der Waals surface area contributed by atoms with Gasteiger partial charge in [0.2, 0.25) is 11.7 Å². The van der Waals surface area contributed by atoms with Gasteiger partial charge in [0.1, 0.15) is 5.75 Å². The molecule has 28 heavy (non-hydrogen) atoms. The van der Waals surface area contributed by atoms with Crippen LogP contribution in [0.4, 0.5) is 0 Å². The van der Waals surface area contributed by atoms with Crippen LogP contribution in [-0.2, 0) is 17.8 Å². The zero-order chi connectivity index (χ0) is 20.1. The molecular weight excluding hydrogens is 360 g/mol. The summed E-state index contributed by atoms with van der Waals surface area (Å²) in [4.78, 5) is 15.7. The highest BCUT2D eigenvalue weighted by molar-refractivity contribution is 5.96. The molecule has 0 bridgehead atoms. The van der Waals surface area contributed by atoms with Crippen molar-refractivity contribution in [1.82, 2.24) is 10.3 Å². The number of para-hydroxylation sites is 1. The fourth-order valence-electron chi connectivity index (χ4n) is 3.24. The van der Waals surface area contributed by atoms with Crippen LogP contribution in [-0.4, -0.2) is 39.3 Å². The van der Waals surface area contributed by atoms with Crippen molar-refractivity contribution in [1.29, 1.82) is 0 Å². The smallest absolute Gasteiger partial charge is 0.224 e. The maximum atomic E-state index is 12.5. The highest BCUT2D eigenvalue weighted by Crippen LogP contribution is 2.44. The van der Waals surface area contributed by atoms with Crippen molar-refractivity contribution in [2.45, 2.75) is 13.0 Å². The number of carbonyl (C=O) groups excluding carboxylic acids is 1. The number of nitrogens with one attached hydrogen (secondary N) is 2. The maximum absolute atomic E-state index is 12.5. The topological polar surface area (TPSA) is 81.8 Å². The molecule has 2 N–H and O–H groups in total. The lowest BCUT2D eigenvalue weighted by atomic mass is 10.1. The summed E-state index contributed by atoms with van der Waals surface area (Å²) in [5.41, 5.74) is 2.54. The van der Waals surface area contributed by atoms with Crippen LogP contribution in [0.1, 0.15) is 11.1 Å². The third kappa shape index (κ3) is 3.69. The summed E-state index contributed by atoms with van der Waals surface area (Å²) >= 11 is 0. The summed E-state index contributed by atoms with van der Waals surface area (Å²) in [6, 6.07) is 9.42. The van der Waals surface area contributed by atoms with Gasteiger partial charge in [-0.3, -0.25) is 4.79 Å². The first kappa shape index (κ1) is 19.4. The Morgan fingerprint density at radius 3 is 2.32 bits per heavy atom. The van der Waals surface area contributed by atoms with Gasteiger partial charge in [0, 0.05) is 29.8 Å². The number of H-pyrrole nitrogens is 1. The summed E-state index contributed by atoms with van der Waals surface area (Å²) in [5.74, 6) is 2.22. The summed E-state index contributed by atoms with van der Waals surface area (Å²) in [5, 5.41) is 3.73. The Hall–Kier alpha value is -3.35. The van der Waals surface area contributed by atoms with Crippen LogP contribution < -0.4 is 24.3 Å². The molecule has 148 valence electrons. The zero-order valence-electron chi connectivity index (χ0n) is 16.4. The number of amides is 1. The molecule has 0 saturated heterocycles. The minimum absolute atomic E-state index is 0.108. The number of hydrogen-bond donors (Lipinski definition) is 2. The molecule has 7 nitrogen and oxygen atoms in total. The average Bonchev–Trinajstić information content (AvgIpc) is 3.13. The average molecular weight is 384 g/mol. The Kier molecular flexibility index (Phi) is 5.93. The van der Waals surface area contributed by atoms with Gasteiger partial charge in [0.05, 0.1) is 40.4 Å². The maximum Gasteiger partial charge on any atom is 0.224 e. The van der Waals surface area contributed by atoms with E-state index in [-0.39, 0.29) is 12.3 Å². The summed E-state index contributed by atoms with van der Waals surface area (Å²) in [6.45, 7) is 0.388. The Bertz CT molecular complexity index is 980. The van der Waals surface area contributed by atoms with Crippen LogP contribution >= 0.6 is 0 Å². The first-order chi connectivity index (χ1) is 13.6. The second-order valence-corrected chi connectivity index (χ2v) is 6.15. The predicted octanol–water partition coefficient (Wildman–Crippen LogP) is 3.06. The quantitative estimate of drug-likeness (QED) is 0.624. The van der Waals surface area contributed by atoms with Gasteiger partial charge in [-0.2, -0.15) is 0 Å². The van der Waals surface area contributed by atoms with Gasteiger partial charge >= 0.3 is 0 Å². The Morgan fingerprint density at radius 2 is 1.64 bits per heavy atom. The number of fused-ring (bicyclic) bond motifs is 1. The minimum Gasteiger partial charge on any atom is -0.496 e. The van der Waals surface area contributed by atoms with Crippen LogP contribution in [0.15, 0.2) is 36.5 Å². The SMILES string of the molecule is COc1ccccc1CNC(=O)Cc1c[nH]c2cc(OC)c(OC)c(OC)c12. The molecule has 1 aromatic heterocycles. The van der Waals surface area contributed by atoms with Gasteiger partial charge in [0.15, 0.2) is 11.5 Å². The monoisotopic (exact) mass is 384 g/mol. The molecule has 0 fully saturated rings. The lowest BCUT2D eigenvalue weighted by Crippen LogP contribution is -2.24. The largest absolute Gasteiger partial charge is 0.496 e. The van der Waals surface area contributed by atoms with E-state index >= 15 is 0 Å². The van der Waals surface area contributed by atoms with Gasteiger partial charge in [-0.15, -0.1) is 0 Å². The Labute approximate surface area is 163 Å². The molecule has 3 aromatic rings. The van der Waals surface area contributed by atoms with E-state index in [1.807, 2.05) is 30.3 Å². The third-order valence-electron chi connectivity index (χ3n) is 4.57. The third-order valence-corrected chi connectivity index (χ3v) is 4.57. The number of aromatic nitrogens is 1. The highest BCUT2D eigenvalue weighted by Gasteiger charge is 2.20. The van der Waals surface area contributed by atoms with Crippen LogP contribution in [0, 0.1) is 0 Å². The molecule has 0 spiro atoms. The van der Waals surface area contributed by atoms with E-state index in [0.29, 0.717) is 23.8 Å². The Morgan fingerprint density at radius 1 is 0.929 bits per heavy atom. The van der Waals surface area contributed by atoms with E-state index in [1.165, 1.54) is 0 Å². The molecule has 0 radical (unpaired) electrons. The van der Waals surface area contributed by atoms with Crippen LogP contribution in [0.3, 0.4) is 0 Å². The zero-order valence-corrected chi connectivity index (χ0v) is 16.4.